The molecule has 2 aliphatic rings. The molecule has 0 radical (unpaired) electrons. The predicted molar refractivity (Wildman–Crippen MR) is 123 cm³/mol. The Morgan fingerprint density at radius 2 is 2.06 bits per heavy atom. The molecule has 8 heteroatoms. The SMILES string of the molecule is C[C@H](c1cc(Cl)c2ncccc2c1)N(C(=O)[C@H]1CN(C(=O)OC(C)(C)C)CCO1)C1CC1. The van der Waals surface area contributed by atoms with Gasteiger partial charge in [0.2, 0.25) is 0 Å². The molecule has 1 aliphatic carbocycles. The van der Waals surface area contributed by atoms with E-state index in [0.717, 1.165) is 29.3 Å². The Morgan fingerprint density at radius 3 is 2.75 bits per heavy atom. The number of ether oxygens (including phenoxy) is 2. The summed E-state index contributed by atoms with van der Waals surface area (Å²) in [5.41, 5.74) is 1.11. The van der Waals surface area contributed by atoms with E-state index in [1.54, 1.807) is 11.1 Å². The van der Waals surface area contributed by atoms with Crippen LogP contribution in [-0.4, -0.2) is 64.2 Å². The number of hydrogen-bond donors (Lipinski definition) is 0. The van der Waals surface area contributed by atoms with Gasteiger partial charge in [-0.2, -0.15) is 0 Å². The Morgan fingerprint density at radius 1 is 1.31 bits per heavy atom. The fourth-order valence-corrected chi connectivity index (χ4v) is 4.35. The Kier molecular flexibility index (Phi) is 6.32. The summed E-state index contributed by atoms with van der Waals surface area (Å²) in [6.45, 7) is 8.39. The first kappa shape index (κ1) is 22.8. The molecule has 1 saturated carbocycles. The number of carbonyl (C=O) groups excluding carboxylic acids is 2. The predicted octanol–water partition coefficient (Wildman–Crippen LogP) is 4.58. The largest absolute Gasteiger partial charge is 0.444 e. The highest BCUT2D eigenvalue weighted by Crippen LogP contribution is 2.37. The maximum absolute atomic E-state index is 13.6. The molecule has 1 saturated heterocycles. The number of amides is 2. The second kappa shape index (κ2) is 8.87. The highest BCUT2D eigenvalue weighted by atomic mass is 35.5. The van der Waals surface area contributed by atoms with Crippen LogP contribution in [0, 0.1) is 0 Å². The van der Waals surface area contributed by atoms with Crippen molar-refractivity contribution >= 4 is 34.5 Å². The minimum Gasteiger partial charge on any atom is -0.444 e. The first-order valence-corrected chi connectivity index (χ1v) is 11.5. The lowest BCUT2D eigenvalue weighted by atomic mass is 10.0. The van der Waals surface area contributed by atoms with Gasteiger partial charge in [0.15, 0.2) is 6.10 Å². The van der Waals surface area contributed by atoms with Crippen molar-refractivity contribution < 1.29 is 19.1 Å². The van der Waals surface area contributed by atoms with Gasteiger partial charge in [-0.25, -0.2) is 4.79 Å². The zero-order chi connectivity index (χ0) is 23.0. The Balaban J connectivity index is 1.54. The Bertz CT molecular complexity index is 1020. The minimum atomic E-state index is -0.711. The van der Waals surface area contributed by atoms with Gasteiger partial charge in [0.25, 0.3) is 5.91 Å². The molecule has 7 nitrogen and oxygen atoms in total. The number of nitrogens with zero attached hydrogens (tertiary/aromatic N) is 3. The number of benzene rings is 1. The van der Waals surface area contributed by atoms with Gasteiger partial charge in [-0.1, -0.05) is 17.7 Å². The van der Waals surface area contributed by atoms with Crippen molar-refractivity contribution in [2.75, 3.05) is 19.7 Å². The number of pyridine rings is 1. The third-order valence-electron chi connectivity index (χ3n) is 5.77. The summed E-state index contributed by atoms with van der Waals surface area (Å²) in [4.78, 5) is 33.9. The summed E-state index contributed by atoms with van der Waals surface area (Å²) in [5, 5.41) is 1.51. The van der Waals surface area contributed by atoms with Crippen molar-refractivity contribution in [3.8, 4) is 0 Å². The summed E-state index contributed by atoms with van der Waals surface area (Å²) in [6, 6.07) is 7.75. The van der Waals surface area contributed by atoms with Crippen molar-refractivity contribution in [2.45, 2.75) is 64.3 Å². The van der Waals surface area contributed by atoms with Gasteiger partial charge in [0.1, 0.15) is 5.60 Å². The molecule has 172 valence electrons. The number of aromatic nitrogens is 1. The lowest BCUT2D eigenvalue weighted by Crippen LogP contribution is -2.54. The number of halogens is 1. The third-order valence-corrected chi connectivity index (χ3v) is 6.06. The summed E-state index contributed by atoms with van der Waals surface area (Å²) < 4.78 is 11.3. The lowest BCUT2D eigenvalue weighted by molar-refractivity contribution is -0.151. The van der Waals surface area contributed by atoms with E-state index in [1.165, 1.54) is 0 Å². The zero-order valence-corrected chi connectivity index (χ0v) is 19.8. The van der Waals surface area contributed by atoms with Gasteiger partial charge in [0.05, 0.1) is 29.7 Å². The standard InChI is InChI=1S/C24H30ClN3O4/c1-15(17-12-16-6-5-9-26-21(16)19(25)13-17)28(18-7-8-18)22(29)20-14-27(10-11-31-20)23(30)32-24(2,3)4/h5-6,9,12-13,15,18,20H,7-8,10-11,14H2,1-4H3/t15-,20-/m1/s1. The summed E-state index contributed by atoms with van der Waals surface area (Å²) in [6.07, 6.45) is 2.51. The van der Waals surface area contributed by atoms with E-state index < -0.39 is 17.8 Å². The van der Waals surface area contributed by atoms with E-state index in [0.29, 0.717) is 18.2 Å². The summed E-state index contributed by atoms with van der Waals surface area (Å²) >= 11 is 6.49. The molecule has 1 aromatic heterocycles. The minimum absolute atomic E-state index is 0.101. The van der Waals surface area contributed by atoms with E-state index >= 15 is 0 Å². The normalized spacial score (nSPS) is 20.2. The van der Waals surface area contributed by atoms with E-state index in [-0.39, 0.29) is 24.5 Å². The van der Waals surface area contributed by atoms with E-state index in [2.05, 4.69) is 4.98 Å². The van der Waals surface area contributed by atoms with Crippen molar-refractivity contribution in [2.24, 2.45) is 0 Å². The lowest BCUT2D eigenvalue weighted by Gasteiger charge is -2.38. The molecular weight excluding hydrogens is 430 g/mol. The molecule has 32 heavy (non-hydrogen) atoms. The second-order valence-corrected chi connectivity index (χ2v) is 9.92. The quantitative estimate of drug-likeness (QED) is 0.669. The second-order valence-electron chi connectivity index (χ2n) is 9.52. The maximum Gasteiger partial charge on any atom is 0.410 e. The molecule has 0 spiro atoms. The zero-order valence-electron chi connectivity index (χ0n) is 19.0. The molecule has 4 rings (SSSR count). The van der Waals surface area contributed by atoms with Gasteiger partial charge in [-0.3, -0.25) is 9.78 Å². The van der Waals surface area contributed by atoms with Crippen LogP contribution >= 0.6 is 11.6 Å². The first-order valence-electron chi connectivity index (χ1n) is 11.1. The highest BCUT2D eigenvalue weighted by molar-refractivity contribution is 6.35. The van der Waals surface area contributed by atoms with Crippen molar-refractivity contribution in [3.05, 3.63) is 41.0 Å². The Labute approximate surface area is 193 Å². The third kappa shape index (κ3) is 4.99. The van der Waals surface area contributed by atoms with Crippen molar-refractivity contribution in [1.82, 2.24) is 14.8 Å². The maximum atomic E-state index is 13.6. The van der Waals surface area contributed by atoms with Crippen molar-refractivity contribution in [1.29, 1.82) is 0 Å². The molecular formula is C24H30ClN3O4. The van der Waals surface area contributed by atoms with Crippen LogP contribution in [0.2, 0.25) is 5.02 Å². The molecule has 0 bridgehead atoms. The molecule has 2 heterocycles. The fraction of sp³-hybridized carbons (Fsp3) is 0.542. The van der Waals surface area contributed by atoms with Crippen LogP contribution in [0.1, 0.15) is 52.1 Å². The van der Waals surface area contributed by atoms with Gasteiger partial charge in [-0.05, 0) is 64.3 Å². The van der Waals surface area contributed by atoms with Crippen molar-refractivity contribution in [3.63, 3.8) is 0 Å². The molecule has 2 fully saturated rings. The molecule has 2 atom stereocenters. The number of morpholine rings is 1. The van der Waals surface area contributed by atoms with Crippen LogP contribution in [0.4, 0.5) is 4.79 Å². The fourth-order valence-electron chi connectivity index (χ4n) is 4.07. The molecule has 1 aliphatic heterocycles. The molecule has 2 amide bonds. The van der Waals surface area contributed by atoms with Crippen LogP contribution in [0.5, 0.6) is 0 Å². The average Bonchev–Trinajstić information content (AvgIpc) is 3.57. The van der Waals surface area contributed by atoms with Crippen LogP contribution in [-0.2, 0) is 14.3 Å². The van der Waals surface area contributed by atoms with Crippen LogP contribution < -0.4 is 0 Å². The molecule has 2 aromatic rings. The number of fused-ring (bicyclic) bond motifs is 1. The van der Waals surface area contributed by atoms with Gasteiger partial charge < -0.3 is 19.3 Å². The number of carbonyl (C=O) groups is 2. The number of hydrogen-bond acceptors (Lipinski definition) is 5. The monoisotopic (exact) mass is 459 g/mol. The van der Waals surface area contributed by atoms with Crippen LogP contribution in [0.25, 0.3) is 10.9 Å². The van der Waals surface area contributed by atoms with Gasteiger partial charge in [0, 0.05) is 24.2 Å². The Hall–Kier alpha value is -2.38. The summed E-state index contributed by atoms with van der Waals surface area (Å²) in [7, 11) is 0. The van der Waals surface area contributed by atoms with E-state index in [4.69, 9.17) is 21.1 Å². The van der Waals surface area contributed by atoms with E-state index in [9.17, 15) is 9.59 Å². The highest BCUT2D eigenvalue weighted by Gasteiger charge is 2.42. The van der Waals surface area contributed by atoms with Gasteiger partial charge in [-0.15, -0.1) is 0 Å². The molecule has 0 N–H and O–H groups in total. The summed E-state index contributed by atoms with van der Waals surface area (Å²) in [5.74, 6) is -0.101. The van der Waals surface area contributed by atoms with Crippen LogP contribution in [0.3, 0.4) is 0 Å². The topological polar surface area (TPSA) is 72.0 Å². The molecule has 0 unspecified atom stereocenters. The average molecular weight is 460 g/mol. The van der Waals surface area contributed by atoms with E-state index in [1.807, 2.05) is 56.9 Å². The van der Waals surface area contributed by atoms with Gasteiger partial charge >= 0.3 is 6.09 Å². The molecule has 1 aromatic carbocycles. The first-order chi connectivity index (χ1) is 15.1. The number of rotatable bonds is 4. The smallest absolute Gasteiger partial charge is 0.410 e. The van der Waals surface area contributed by atoms with Crippen LogP contribution in [0.15, 0.2) is 30.5 Å².